The minimum atomic E-state index is -0.305. The predicted octanol–water partition coefficient (Wildman–Crippen LogP) is 2.48. The van der Waals surface area contributed by atoms with Crippen LogP contribution in [0.3, 0.4) is 0 Å². The van der Waals surface area contributed by atoms with Gasteiger partial charge in [-0.3, -0.25) is 14.6 Å². The highest BCUT2D eigenvalue weighted by Crippen LogP contribution is 2.31. The van der Waals surface area contributed by atoms with Crippen molar-refractivity contribution in [1.82, 2.24) is 9.88 Å². The SMILES string of the molecule is CCOC(=O)CCC(=O)N1CCCC[C@H]1c1cccnc1. The number of ether oxygens (including phenoxy) is 1. The van der Waals surface area contributed by atoms with Crippen LogP contribution in [0, 0.1) is 0 Å². The number of piperidine rings is 1. The minimum absolute atomic E-state index is 0.0246. The first-order valence-electron chi connectivity index (χ1n) is 7.57. The summed E-state index contributed by atoms with van der Waals surface area (Å²) in [6.45, 7) is 2.87. The highest BCUT2D eigenvalue weighted by atomic mass is 16.5. The third-order valence-electron chi connectivity index (χ3n) is 3.74. The van der Waals surface area contributed by atoms with Crippen molar-refractivity contribution in [1.29, 1.82) is 0 Å². The molecule has 0 unspecified atom stereocenters. The zero-order valence-corrected chi connectivity index (χ0v) is 12.5. The normalized spacial score (nSPS) is 18.3. The van der Waals surface area contributed by atoms with Gasteiger partial charge in [-0.25, -0.2) is 0 Å². The summed E-state index contributed by atoms with van der Waals surface area (Å²) >= 11 is 0. The first-order chi connectivity index (χ1) is 10.2. The van der Waals surface area contributed by atoms with Gasteiger partial charge in [-0.05, 0) is 37.8 Å². The monoisotopic (exact) mass is 290 g/mol. The number of likely N-dealkylation sites (tertiary alicyclic amines) is 1. The van der Waals surface area contributed by atoms with Crippen LogP contribution in [-0.2, 0) is 14.3 Å². The van der Waals surface area contributed by atoms with Crippen molar-refractivity contribution < 1.29 is 14.3 Å². The summed E-state index contributed by atoms with van der Waals surface area (Å²) in [4.78, 5) is 29.8. The Morgan fingerprint density at radius 3 is 2.95 bits per heavy atom. The number of rotatable bonds is 5. The molecule has 0 spiro atoms. The van der Waals surface area contributed by atoms with Crippen LogP contribution in [0.4, 0.5) is 0 Å². The number of amides is 1. The number of nitrogens with zero attached hydrogens (tertiary/aromatic N) is 2. The van der Waals surface area contributed by atoms with E-state index in [1.165, 1.54) is 0 Å². The minimum Gasteiger partial charge on any atom is -0.466 e. The molecule has 0 radical (unpaired) electrons. The number of carbonyl (C=O) groups is 2. The van der Waals surface area contributed by atoms with E-state index >= 15 is 0 Å². The van der Waals surface area contributed by atoms with E-state index in [-0.39, 0.29) is 30.8 Å². The number of pyridine rings is 1. The largest absolute Gasteiger partial charge is 0.466 e. The summed E-state index contributed by atoms with van der Waals surface area (Å²) in [5.41, 5.74) is 1.07. The topological polar surface area (TPSA) is 59.5 Å². The molecule has 1 atom stereocenters. The molecule has 2 rings (SSSR count). The van der Waals surface area contributed by atoms with Gasteiger partial charge in [-0.1, -0.05) is 6.07 Å². The molecule has 1 saturated heterocycles. The summed E-state index contributed by atoms with van der Waals surface area (Å²) in [5, 5.41) is 0. The van der Waals surface area contributed by atoms with Gasteiger partial charge in [0.25, 0.3) is 0 Å². The van der Waals surface area contributed by atoms with E-state index in [0.717, 1.165) is 31.4 Å². The molecule has 114 valence electrons. The van der Waals surface area contributed by atoms with Gasteiger partial charge in [0.05, 0.1) is 19.1 Å². The maximum atomic E-state index is 12.4. The van der Waals surface area contributed by atoms with E-state index in [1.807, 2.05) is 23.2 Å². The Bertz CT molecular complexity index is 476. The summed E-state index contributed by atoms with van der Waals surface area (Å²) in [6, 6.07) is 3.99. The molecule has 0 N–H and O–H groups in total. The third-order valence-corrected chi connectivity index (χ3v) is 3.74. The zero-order valence-electron chi connectivity index (χ0n) is 12.5. The predicted molar refractivity (Wildman–Crippen MR) is 78.4 cm³/mol. The average Bonchev–Trinajstić information content (AvgIpc) is 2.54. The molecule has 1 aliphatic rings. The van der Waals surface area contributed by atoms with Crippen molar-refractivity contribution >= 4 is 11.9 Å². The number of esters is 1. The van der Waals surface area contributed by atoms with Gasteiger partial charge in [-0.2, -0.15) is 0 Å². The highest BCUT2D eigenvalue weighted by Gasteiger charge is 2.28. The quantitative estimate of drug-likeness (QED) is 0.782. The molecule has 5 heteroatoms. The van der Waals surface area contributed by atoms with Gasteiger partial charge < -0.3 is 9.64 Å². The van der Waals surface area contributed by atoms with Crippen molar-refractivity contribution in [2.75, 3.05) is 13.2 Å². The van der Waals surface area contributed by atoms with Gasteiger partial charge in [-0.15, -0.1) is 0 Å². The van der Waals surface area contributed by atoms with E-state index in [9.17, 15) is 9.59 Å². The number of aromatic nitrogens is 1. The van der Waals surface area contributed by atoms with Crippen LogP contribution < -0.4 is 0 Å². The lowest BCUT2D eigenvalue weighted by atomic mass is 9.96. The lowest BCUT2D eigenvalue weighted by molar-refractivity contribution is -0.146. The number of carbonyl (C=O) groups excluding carboxylic acids is 2. The first kappa shape index (κ1) is 15.5. The van der Waals surface area contributed by atoms with Gasteiger partial charge in [0.2, 0.25) is 5.91 Å². The maximum Gasteiger partial charge on any atom is 0.306 e. The zero-order chi connectivity index (χ0) is 15.1. The Hall–Kier alpha value is -1.91. The average molecular weight is 290 g/mol. The second-order valence-corrected chi connectivity index (χ2v) is 5.19. The molecule has 5 nitrogen and oxygen atoms in total. The van der Waals surface area contributed by atoms with Crippen molar-refractivity contribution in [2.24, 2.45) is 0 Å². The molecule has 1 aliphatic heterocycles. The molecule has 1 aromatic heterocycles. The Labute approximate surface area is 125 Å². The third kappa shape index (κ3) is 4.28. The fourth-order valence-corrected chi connectivity index (χ4v) is 2.74. The van der Waals surface area contributed by atoms with Gasteiger partial charge in [0, 0.05) is 25.4 Å². The van der Waals surface area contributed by atoms with E-state index in [0.29, 0.717) is 6.61 Å². The molecule has 0 aromatic carbocycles. The fraction of sp³-hybridized carbons (Fsp3) is 0.562. The maximum absolute atomic E-state index is 12.4. The second kappa shape index (κ2) is 7.76. The molecule has 21 heavy (non-hydrogen) atoms. The van der Waals surface area contributed by atoms with Crippen LogP contribution in [0.5, 0.6) is 0 Å². The van der Waals surface area contributed by atoms with Gasteiger partial charge in [0.1, 0.15) is 0 Å². The van der Waals surface area contributed by atoms with Gasteiger partial charge >= 0.3 is 5.97 Å². The smallest absolute Gasteiger partial charge is 0.306 e. The Morgan fingerprint density at radius 2 is 2.24 bits per heavy atom. The first-order valence-corrected chi connectivity index (χ1v) is 7.57. The standard InChI is InChI=1S/C16H22N2O3/c1-2-21-16(20)9-8-15(19)18-11-4-3-7-14(18)13-6-5-10-17-12-13/h5-6,10,12,14H,2-4,7-9,11H2,1H3/t14-/m0/s1. The van der Waals surface area contributed by atoms with Crippen LogP contribution in [-0.4, -0.2) is 34.9 Å². The molecule has 1 fully saturated rings. The van der Waals surface area contributed by atoms with Crippen LogP contribution in [0.25, 0.3) is 0 Å². The van der Waals surface area contributed by atoms with Crippen LogP contribution in [0.1, 0.15) is 50.6 Å². The molecular formula is C16H22N2O3. The van der Waals surface area contributed by atoms with Crippen molar-refractivity contribution in [3.63, 3.8) is 0 Å². The van der Waals surface area contributed by atoms with E-state index in [4.69, 9.17) is 4.74 Å². The summed E-state index contributed by atoms with van der Waals surface area (Å²) in [6.07, 6.45) is 7.01. The molecule has 0 aliphatic carbocycles. The van der Waals surface area contributed by atoms with Crippen molar-refractivity contribution in [2.45, 2.75) is 45.1 Å². The molecule has 1 aromatic rings. The Balaban J connectivity index is 1.98. The Morgan fingerprint density at radius 1 is 1.38 bits per heavy atom. The molecule has 0 saturated carbocycles. The van der Waals surface area contributed by atoms with Crippen LogP contribution in [0.2, 0.25) is 0 Å². The molecular weight excluding hydrogens is 268 g/mol. The highest BCUT2D eigenvalue weighted by molar-refractivity contribution is 5.81. The van der Waals surface area contributed by atoms with Crippen LogP contribution in [0.15, 0.2) is 24.5 Å². The Kier molecular flexibility index (Phi) is 5.72. The lowest BCUT2D eigenvalue weighted by Crippen LogP contribution is -2.38. The number of hydrogen-bond acceptors (Lipinski definition) is 4. The van der Waals surface area contributed by atoms with Crippen molar-refractivity contribution in [3.05, 3.63) is 30.1 Å². The van der Waals surface area contributed by atoms with Gasteiger partial charge in [0.15, 0.2) is 0 Å². The van der Waals surface area contributed by atoms with E-state index in [1.54, 1.807) is 13.1 Å². The van der Waals surface area contributed by atoms with Crippen molar-refractivity contribution in [3.8, 4) is 0 Å². The summed E-state index contributed by atoms with van der Waals surface area (Å²) in [5.74, 6) is -0.280. The molecule has 0 bridgehead atoms. The molecule has 1 amide bonds. The van der Waals surface area contributed by atoms with E-state index < -0.39 is 0 Å². The second-order valence-electron chi connectivity index (χ2n) is 5.19. The summed E-state index contributed by atoms with van der Waals surface area (Å²) in [7, 11) is 0. The summed E-state index contributed by atoms with van der Waals surface area (Å²) < 4.78 is 4.87. The van der Waals surface area contributed by atoms with E-state index in [2.05, 4.69) is 4.98 Å². The fourth-order valence-electron chi connectivity index (χ4n) is 2.74. The van der Waals surface area contributed by atoms with Crippen LogP contribution >= 0.6 is 0 Å². The molecule has 2 heterocycles. The lowest BCUT2D eigenvalue weighted by Gasteiger charge is -2.36. The number of hydrogen-bond donors (Lipinski definition) is 0.